The summed E-state index contributed by atoms with van der Waals surface area (Å²) in [5.41, 5.74) is 6.96. The normalized spacial score (nSPS) is 11.7. The van der Waals surface area contributed by atoms with Gasteiger partial charge in [0.15, 0.2) is 10.7 Å². The Balaban J connectivity index is 1.40. The highest BCUT2D eigenvalue weighted by molar-refractivity contribution is 7.18. The predicted molar refractivity (Wildman–Crippen MR) is 146 cm³/mol. The van der Waals surface area contributed by atoms with Crippen molar-refractivity contribution in [3.8, 4) is 33.1 Å². The SMILES string of the molecule is Cc1c(-c2nnc(/N=C/c3ccc[nH]3)s2)nnc2c3c(-c4ccccc4)c(-c4ccccc4)nnc3nn12. The number of fused-ring (bicyclic) bond motifs is 3. The lowest BCUT2D eigenvalue weighted by molar-refractivity contribution is 0.855. The van der Waals surface area contributed by atoms with Crippen LogP contribution in [0.1, 0.15) is 11.4 Å². The second-order valence-electron chi connectivity index (χ2n) is 8.50. The first kappa shape index (κ1) is 22.1. The van der Waals surface area contributed by atoms with Gasteiger partial charge in [-0.25, -0.2) is 9.51 Å². The van der Waals surface area contributed by atoms with Crippen molar-refractivity contribution in [2.24, 2.45) is 4.99 Å². The second-order valence-corrected chi connectivity index (χ2v) is 9.45. The first-order chi connectivity index (χ1) is 18.8. The fraction of sp³-hybridized carbons (Fsp3) is 0.0370. The number of aromatic nitrogens is 9. The van der Waals surface area contributed by atoms with Crippen LogP contribution in [0.25, 0.3) is 49.8 Å². The lowest BCUT2D eigenvalue weighted by atomic mass is 9.97. The van der Waals surface area contributed by atoms with E-state index in [0.717, 1.165) is 39.2 Å². The molecule has 0 atom stereocenters. The second kappa shape index (κ2) is 9.05. The highest BCUT2D eigenvalue weighted by Gasteiger charge is 2.23. The van der Waals surface area contributed by atoms with Crippen LogP contribution in [0.2, 0.25) is 0 Å². The summed E-state index contributed by atoms with van der Waals surface area (Å²) in [5, 5.41) is 33.4. The van der Waals surface area contributed by atoms with E-state index in [-0.39, 0.29) is 0 Å². The maximum atomic E-state index is 4.76. The zero-order chi connectivity index (χ0) is 25.5. The molecule has 0 aliphatic rings. The summed E-state index contributed by atoms with van der Waals surface area (Å²) in [6.45, 7) is 1.93. The lowest BCUT2D eigenvalue weighted by Crippen LogP contribution is -2.02. The van der Waals surface area contributed by atoms with Gasteiger partial charge in [-0.1, -0.05) is 72.0 Å². The molecule has 5 aromatic heterocycles. The molecule has 10 nitrogen and oxygen atoms in total. The number of H-pyrrole nitrogens is 1. The van der Waals surface area contributed by atoms with Gasteiger partial charge in [0.2, 0.25) is 10.8 Å². The lowest BCUT2D eigenvalue weighted by Gasteiger charge is -2.09. The Hall–Kier alpha value is -5.16. The molecule has 0 radical (unpaired) electrons. The number of hydrogen-bond donors (Lipinski definition) is 1. The van der Waals surface area contributed by atoms with Crippen molar-refractivity contribution < 1.29 is 0 Å². The van der Waals surface area contributed by atoms with Crippen molar-refractivity contribution in [3.05, 3.63) is 90.4 Å². The van der Waals surface area contributed by atoms with E-state index in [9.17, 15) is 0 Å². The van der Waals surface area contributed by atoms with E-state index in [1.807, 2.05) is 73.8 Å². The quantitative estimate of drug-likeness (QED) is 0.309. The van der Waals surface area contributed by atoms with Crippen molar-refractivity contribution in [1.29, 1.82) is 0 Å². The van der Waals surface area contributed by atoms with Crippen molar-refractivity contribution in [2.75, 3.05) is 0 Å². The Bertz CT molecular complexity index is 1920. The van der Waals surface area contributed by atoms with Crippen LogP contribution in [0.4, 0.5) is 5.13 Å². The molecule has 2 aromatic carbocycles. The zero-order valence-corrected chi connectivity index (χ0v) is 20.8. The fourth-order valence-electron chi connectivity index (χ4n) is 4.35. The molecule has 7 rings (SSSR count). The van der Waals surface area contributed by atoms with E-state index in [2.05, 4.69) is 52.7 Å². The number of benzene rings is 2. The monoisotopic (exact) mass is 514 g/mol. The first-order valence-corrected chi connectivity index (χ1v) is 12.6. The largest absolute Gasteiger partial charge is 0.360 e. The molecule has 38 heavy (non-hydrogen) atoms. The van der Waals surface area contributed by atoms with Gasteiger partial charge in [0.1, 0.15) is 11.4 Å². The third-order valence-corrected chi connectivity index (χ3v) is 6.98. The molecule has 5 heterocycles. The average molecular weight is 515 g/mol. The van der Waals surface area contributed by atoms with Gasteiger partial charge in [-0.2, -0.15) is 0 Å². The number of nitrogens with one attached hydrogen (secondary N) is 1. The van der Waals surface area contributed by atoms with Gasteiger partial charge in [-0.15, -0.1) is 35.7 Å². The molecule has 7 aromatic rings. The number of nitrogens with zero attached hydrogens (tertiary/aromatic N) is 9. The molecular formula is C27H18N10S. The number of aliphatic imine (C=N–C) groups is 1. The number of hydrogen-bond acceptors (Lipinski definition) is 9. The standard InChI is InChI=1S/C27H18N10S/c1-16-22(26-34-35-27(38-26)29-15-19-13-8-14-28-19)30-33-25-21-20(17-9-4-2-5-10-17)23(18-11-6-3-7-12-18)31-32-24(21)36-37(16)25/h2-15,28H,1H3/b29-15+. The molecule has 0 aliphatic carbocycles. The minimum atomic E-state index is 0.492. The van der Waals surface area contributed by atoms with E-state index in [0.29, 0.717) is 27.1 Å². The molecule has 0 spiro atoms. The summed E-state index contributed by atoms with van der Waals surface area (Å²) in [7, 11) is 0. The number of aromatic amines is 1. The summed E-state index contributed by atoms with van der Waals surface area (Å²) in [4.78, 5) is 7.49. The Morgan fingerprint density at radius 3 is 2.32 bits per heavy atom. The van der Waals surface area contributed by atoms with Gasteiger partial charge in [0.25, 0.3) is 0 Å². The van der Waals surface area contributed by atoms with Crippen LogP contribution >= 0.6 is 11.3 Å². The summed E-state index contributed by atoms with van der Waals surface area (Å²) in [5.74, 6) is 0. The topological polar surface area (TPSA) is 123 Å². The van der Waals surface area contributed by atoms with E-state index in [1.54, 1.807) is 10.7 Å². The molecular weight excluding hydrogens is 496 g/mol. The number of rotatable bonds is 5. The van der Waals surface area contributed by atoms with Gasteiger partial charge in [0.05, 0.1) is 23.0 Å². The van der Waals surface area contributed by atoms with Crippen molar-refractivity contribution >= 4 is 39.4 Å². The minimum absolute atomic E-state index is 0.492. The van der Waals surface area contributed by atoms with Gasteiger partial charge in [-0.3, -0.25) is 0 Å². The molecule has 0 bridgehead atoms. The van der Waals surface area contributed by atoms with Crippen LogP contribution in [0.5, 0.6) is 0 Å². The Morgan fingerprint density at radius 2 is 1.55 bits per heavy atom. The highest BCUT2D eigenvalue weighted by Crippen LogP contribution is 2.38. The van der Waals surface area contributed by atoms with Crippen LogP contribution in [0, 0.1) is 6.92 Å². The smallest absolute Gasteiger partial charge is 0.232 e. The molecule has 1 N–H and O–H groups in total. The third-order valence-electron chi connectivity index (χ3n) is 6.14. The molecule has 0 aliphatic heterocycles. The summed E-state index contributed by atoms with van der Waals surface area (Å²) in [6.07, 6.45) is 3.55. The van der Waals surface area contributed by atoms with Crippen molar-refractivity contribution in [1.82, 2.24) is 45.2 Å². The molecule has 0 saturated carbocycles. The number of aryl methyl sites for hydroxylation is 1. The predicted octanol–water partition coefficient (Wildman–Crippen LogP) is 5.31. The van der Waals surface area contributed by atoms with Gasteiger partial charge in [-0.05, 0) is 24.6 Å². The van der Waals surface area contributed by atoms with Crippen LogP contribution in [-0.2, 0) is 0 Å². The Kier molecular flexibility index (Phi) is 5.26. The summed E-state index contributed by atoms with van der Waals surface area (Å²) >= 11 is 1.33. The highest BCUT2D eigenvalue weighted by atomic mass is 32.1. The third kappa shape index (κ3) is 3.73. The first-order valence-electron chi connectivity index (χ1n) is 11.8. The molecule has 0 amide bonds. The maximum absolute atomic E-state index is 4.76. The fourth-order valence-corrected chi connectivity index (χ4v) is 5.07. The Labute approximate surface area is 219 Å². The summed E-state index contributed by atoms with van der Waals surface area (Å²) in [6, 6.07) is 23.9. The Morgan fingerprint density at radius 1 is 0.789 bits per heavy atom. The van der Waals surface area contributed by atoms with E-state index in [1.165, 1.54) is 11.3 Å². The van der Waals surface area contributed by atoms with Crippen LogP contribution in [-0.4, -0.2) is 51.4 Å². The molecule has 11 heteroatoms. The average Bonchev–Trinajstić information content (AvgIpc) is 3.73. The summed E-state index contributed by atoms with van der Waals surface area (Å²) < 4.78 is 1.76. The minimum Gasteiger partial charge on any atom is -0.360 e. The molecule has 0 unspecified atom stereocenters. The van der Waals surface area contributed by atoms with E-state index < -0.39 is 0 Å². The molecule has 182 valence electrons. The van der Waals surface area contributed by atoms with Gasteiger partial charge in [0, 0.05) is 17.3 Å². The van der Waals surface area contributed by atoms with Gasteiger partial charge >= 0.3 is 0 Å². The van der Waals surface area contributed by atoms with Crippen molar-refractivity contribution in [2.45, 2.75) is 6.92 Å². The molecule has 0 saturated heterocycles. The molecule has 0 fully saturated rings. The van der Waals surface area contributed by atoms with E-state index >= 15 is 0 Å². The maximum Gasteiger partial charge on any atom is 0.232 e. The van der Waals surface area contributed by atoms with Crippen molar-refractivity contribution in [3.63, 3.8) is 0 Å². The van der Waals surface area contributed by atoms with Crippen LogP contribution < -0.4 is 0 Å². The zero-order valence-electron chi connectivity index (χ0n) is 20.0. The van der Waals surface area contributed by atoms with Crippen LogP contribution in [0.3, 0.4) is 0 Å². The van der Waals surface area contributed by atoms with Gasteiger partial charge < -0.3 is 4.98 Å². The van der Waals surface area contributed by atoms with E-state index in [4.69, 9.17) is 5.10 Å². The van der Waals surface area contributed by atoms with Crippen LogP contribution in [0.15, 0.2) is 84.0 Å².